The lowest BCUT2D eigenvalue weighted by Gasteiger charge is -2.12. The molecule has 5 heteroatoms. The third-order valence-corrected chi connectivity index (χ3v) is 4.35. The van der Waals surface area contributed by atoms with Gasteiger partial charge in [-0.2, -0.15) is 0 Å². The number of aryl methyl sites for hydroxylation is 1. The number of aromatic nitrogens is 2. The van der Waals surface area contributed by atoms with Gasteiger partial charge in [0.2, 0.25) is 0 Å². The Morgan fingerprint density at radius 2 is 2.12 bits per heavy atom. The van der Waals surface area contributed by atoms with Crippen molar-refractivity contribution in [2.45, 2.75) is 35.6 Å². The van der Waals surface area contributed by atoms with E-state index in [9.17, 15) is 5.11 Å². The van der Waals surface area contributed by atoms with Crippen LogP contribution in [0.4, 0.5) is 0 Å². The Labute approximate surface area is 109 Å². The molecular formula is C12H14N2OS2. The fourth-order valence-corrected chi connectivity index (χ4v) is 3.43. The molecule has 1 heterocycles. The smallest absolute Gasteiger partial charge is 0.179 e. The summed E-state index contributed by atoms with van der Waals surface area (Å²) in [5.74, 6) is 0. The van der Waals surface area contributed by atoms with Crippen molar-refractivity contribution in [1.29, 1.82) is 0 Å². The van der Waals surface area contributed by atoms with E-state index in [1.807, 2.05) is 38.1 Å². The minimum Gasteiger partial charge on any atom is -0.388 e. The Morgan fingerprint density at radius 3 is 2.76 bits per heavy atom. The van der Waals surface area contributed by atoms with E-state index in [0.29, 0.717) is 6.42 Å². The van der Waals surface area contributed by atoms with Gasteiger partial charge in [-0.05, 0) is 25.0 Å². The summed E-state index contributed by atoms with van der Waals surface area (Å²) in [5.41, 5.74) is 0.966. The number of hydrogen-bond acceptors (Lipinski definition) is 5. The highest BCUT2D eigenvalue weighted by molar-refractivity contribution is 8.01. The van der Waals surface area contributed by atoms with Gasteiger partial charge in [0.15, 0.2) is 4.34 Å². The largest absolute Gasteiger partial charge is 0.388 e. The Kier molecular flexibility index (Phi) is 4.15. The van der Waals surface area contributed by atoms with E-state index in [0.717, 1.165) is 19.8 Å². The molecule has 2 aromatic rings. The van der Waals surface area contributed by atoms with Crippen LogP contribution in [-0.4, -0.2) is 15.3 Å². The minimum absolute atomic E-state index is 0.410. The summed E-state index contributed by atoms with van der Waals surface area (Å²) in [7, 11) is 0. The first-order valence-electron chi connectivity index (χ1n) is 5.45. The molecule has 1 aromatic carbocycles. The fourth-order valence-electron chi connectivity index (χ4n) is 1.48. The maximum Gasteiger partial charge on any atom is 0.179 e. The first kappa shape index (κ1) is 12.5. The molecule has 0 aliphatic carbocycles. The standard InChI is InChI=1S/C12H14N2OS2/c1-3-10(15)9-6-4-5-7-11(9)17-12-14-13-8(2)16-12/h4-7,10,15H,3H2,1-2H3. The van der Waals surface area contributed by atoms with Crippen LogP contribution >= 0.6 is 23.1 Å². The van der Waals surface area contributed by atoms with Gasteiger partial charge in [0.05, 0.1) is 6.10 Å². The van der Waals surface area contributed by atoms with Gasteiger partial charge in [0.1, 0.15) is 5.01 Å². The molecule has 0 amide bonds. The van der Waals surface area contributed by atoms with Crippen molar-refractivity contribution in [3.63, 3.8) is 0 Å². The minimum atomic E-state index is -0.410. The predicted molar refractivity (Wildman–Crippen MR) is 70.5 cm³/mol. The number of rotatable bonds is 4. The molecule has 1 N–H and O–H groups in total. The van der Waals surface area contributed by atoms with Crippen LogP contribution in [0.3, 0.4) is 0 Å². The molecule has 17 heavy (non-hydrogen) atoms. The maximum absolute atomic E-state index is 9.95. The van der Waals surface area contributed by atoms with Gasteiger partial charge >= 0.3 is 0 Å². The molecular weight excluding hydrogens is 252 g/mol. The monoisotopic (exact) mass is 266 g/mol. The zero-order chi connectivity index (χ0) is 12.3. The summed E-state index contributed by atoms with van der Waals surface area (Å²) >= 11 is 3.13. The van der Waals surface area contributed by atoms with Crippen molar-refractivity contribution in [2.24, 2.45) is 0 Å². The molecule has 1 unspecified atom stereocenters. The second-order valence-electron chi connectivity index (χ2n) is 3.65. The molecule has 0 fully saturated rings. The van der Waals surface area contributed by atoms with Gasteiger partial charge < -0.3 is 5.11 Å². The molecule has 0 saturated heterocycles. The van der Waals surface area contributed by atoms with E-state index in [4.69, 9.17) is 0 Å². The second-order valence-corrected chi connectivity index (χ2v) is 6.12. The zero-order valence-electron chi connectivity index (χ0n) is 9.75. The van der Waals surface area contributed by atoms with E-state index in [1.165, 1.54) is 0 Å². The first-order valence-corrected chi connectivity index (χ1v) is 7.09. The van der Waals surface area contributed by atoms with Crippen molar-refractivity contribution in [3.05, 3.63) is 34.8 Å². The SMILES string of the molecule is CCC(O)c1ccccc1Sc1nnc(C)s1. The number of nitrogens with zero attached hydrogens (tertiary/aromatic N) is 2. The number of aliphatic hydroxyl groups is 1. The van der Waals surface area contributed by atoms with Crippen LogP contribution < -0.4 is 0 Å². The van der Waals surface area contributed by atoms with Crippen LogP contribution in [-0.2, 0) is 0 Å². The van der Waals surface area contributed by atoms with Gasteiger partial charge in [-0.1, -0.05) is 48.2 Å². The number of aliphatic hydroxyl groups excluding tert-OH is 1. The molecule has 1 atom stereocenters. The van der Waals surface area contributed by atoms with Crippen molar-refractivity contribution in [3.8, 4) is 0 Å². The van der Waals surface area contributed by atoms with E-state index < -0.39 is 6.10 Å². The summed E-state index contributed by atoms with van der Waals surface area (Å²) in [6.07, 6.45) is 0.305. The van der Waals surface area contributed by atoms with Crippen molar-refractivity contribution >= 4 is 23.1 Å². The molecule has 0 bridgehead atoms. The third-order valence-electron chi connectivity index (χ3n) is 2.37. The average molecular weight is 266 g/mol. The van der Waals surface area contributed by atoms with E-state index in [1.54, 1.807) is 23.1 Å². The van der Waals surface area contributed by atoms with Crippen molar-refractivity contribution in [1.82, 2.24) is 10.2 Å². The molecule has 0 radical (unpaired) electrons. The Hall–Kier alpha value is -0.910. The Morgan fingerprint density at radius 1 is 1.35 bits per heavy atom. The number of benzene rings is 1. The normalized spacial score (nSPS) is 12.6. The van der Waals surface area contributed by atoms with Gasteiger partial charge in [-0.3, -0.25) is 0 Å². The quantitative estimate of drug-likeness (QED) is 0.920. The highest BCUT2D eigenvalue weighted by Gasteiger charge is 2.12. The summed E-state index contributed by atoms with van der Waals surface area (Å²) in [6.45, 7) is 3.91. The van der Waals surface area contributed by atoms with Crippen LogP contribution in [0, 0.1) is 6.92 Å². The third kappa shape index (κ3) is 3.06. The summed E-state index contributed by atoms with van der Waals surface area (Å²) in [4.78, 5) is 1.05. The lowest BCUT2D eigenvalue weighted by atomic mass is 10.1. The maximum atomic E-state index is 9.95. The van der Waals surface area contributed by atoms with Gasteiger partial charge in [-0.25, -0.2) is 0 Å². The molecule has 0 aliphatic rings. The van der Waals surface area contributed by atoms with Gasteiger partial charge in [-0.15, -0.1) is 10.2 Å². The zero-order valence-corrected chi connectivity index (χ0v) is 11.4. The average Bonchev–Trinajstić information content (AvgIpc) is 2.74. The molecule has 0 saturated carbocycles. The fraction of sp³-hybridized carbons (Fsp3) is 0.333. The lowest BCUT2D eigenvalue weighted by Crippen LogP contribution is -1.96. The molecule has 0 aliphatic heterocycles. The van der Waals surface area contributed by atoms with Crippen LogP contribution in [0.25, 0.3) is 0 Å². The van der Waals surface area contributed by atoms with Gasteiger partial charge in [0, 0.05) is 4.90 Å². The molecule has 2 rings (SSSR count). The summed E-state index contributed by atoms with van der Waals surface area (Å²) in [5, 5.41) is 19.0. The first-order chi connectivity index (χ1) is 8.20. The van der Waals surface area contributed by atoms with E-state index in [2.05, 4.69) is 10.2 Å². The van der Waals surface area contributed by atoms with Crippen LogP contribution in [0.1, 0.15) is 30.0 Å². The highest BCUT2D eigenvalue weighted by Crippen LogP contribution is 2.35. The van der Waals surface area contributed by atoms with E-state index in [-0.39, 0.29) is 0 Å². The molecule has 90 valence electrons. The predicted octanol–water partition coefficient (Wildman–Crippen LogP) is 3.44. The molecule has 3 nitrogen and oxygen atoms in total. The summed E-state index contributed by atoms with van der Waals surface area (Å²) in [6, 6.07) is 7.89. The Bertz CT molecular complexity index is 499. The lowest BCUT2D eigenvalue weighted by molar-refractivity contribution is 0.171. The second kappa shape index (κ2) is 5.62. The molecule has 1 aromatic heterocycles. The highest BCUT2D eigenvalue weighted by atomic mass is 32.2. The summed E-state index contributed by atoms with van der Waals surface area (Å²) < 4.78 is 0.915. The van der Waals surface area contributed by atoms with Crippen molar-refractivity contribution in [2.75, 3.05) is 0 Å². The van der Waals surface area contributed by atoms with Crippen LogP contribution in [0.15, 0.2) is 33.5 Å². The topological polar surface area (TPSA) is 46.0 Å². The van der Waals surface area contributed by atoms with Crippen molar-refractivity contribution < 1.29 is 5.11 Å². The van der Waals surface area contributed by atoms with Gasteiger partial charge in [0.25, 0.3) is 0 Å². The Balaban J connectivity index is 2.26. The van der Waals surface area contributed by atoms with E-state index >= 15 is 0 Å². The number of hydrogen-bond donors (Lipinski definition) is 1. The van der Waals surface area contributed by atoms with Crippen LogP contribution in [0.5, 0.6) is 0 Å². The van der Waals surface area contributed by atoms with Crippen LogP contribution in [0.2, 0.25) is 0 Å². The molecule has 0 spiro atoms.